The molecule has 0 saturated carbocycles. The van der Waals surface area contributed by atoms with E-state index in [0.717, 1.165) is 18.9 Å². The molecule has 1 aromatic rings. The van der Waals surface area contributed by atoms with Gasteiger partial charge in [-0.15, -0.1) is 0 Å². The first-order valence-electron chi connectivity index (χ1n) is 6.42. The number of nitrogens with zero attached hydrogens (tertiary/aromatic N) is 1. The van der Waals surface area contributed by atoms with Crippen LogP contribution in [0.3, 0.4) is 0 Å². The van der Waals surface area contributed by atoms with Crippen molar-refractivity contribution in [2.45, 2.75) is 38.9 Å². The minimum absolute atomic E-state index is 0.132. The SMILES string of the molecule is CCCC(C)N(C)c1ccc(C(N)=S)c(C(F)(F)F)c1. The average molecular weight is 304 g/mol. The maximum absolute atomic E-state index is 13.1. The Kier molecular flexibility index (Phi) is 5.39. The van der Waals surface area contributed by atoms with E-state index in [1.165, 1.54) is 6.07 Å². The molecule has 112 valence electrons. The zero-order valence-corrected chi connectivity index (χ0v) is 12.6. The van der Waals surface area contributed by atoms with Gasteiger partial charge in [-0.1, -0.05) is 25.6 Å². The molecule has 0 aromatic heterocycles. The molecule has 1 aromatic carbocycles. The summed E-state index contributed by atoms with van der Waals surface area (Å²) in [6, 6.07) is 4.24. The molecule has 0 aliphatic carbocycles. The van der Waals surface area contributed by atoms with Crippen LogP contribution in [0, 0.1) is 0 Å². The third-order valence-corrected chi connectivity index (χ3v) is 3.57. The smallest absolute Gasteiger partial charge is 0.389 e. The van der Waals surface area contributed by atoms with Gasteiger partial charge in [-0.2, -0.15) is 13.2 Å². The van der Waals surface area contributed by atoms with Gasteiger partial charge in [-0.05, 0) is 31.5 Å². The summed E-state index contributed by atoms with van der Waals surface area (Å²) in [5.74, 6) is 0. The molecule has 1 rings (SSSR count). The van der Waals surface area contributed by atoms with Crippen molar-refractivity contribution in [3.05, 3.63) is 29.3 Å². The molecule has 2 N–H and O–H groups in total. The molecule has 0 aliphatic heterocycles. The molecule has 0 aliphatic rings. The van der Waals surface area contributed by atoms with Gasteiger partial charge in [0, 0.05) is 24.3 Å². The van der Waals surface area contributed by atoms with Crippen LogP contribution in [0.25, 0.3) is 0 Å². The van der Waals surface area contributed by atoms with Crippen LogP contribution in [0.15, 0.2) is 18.2 Å². The largest absolute Gasteiger partial charge is 0.417 e. The molecule has 1 atom stereocenters. The van der Waals surface area contributed by atoms with E-state index in [0.29, 0.717) is 5.69 Å². The minimum Gasteiger partial charge on any atom is -0.389 e. The zero-order valence-electron chi connectivity index (χ0n) is 11.8. The van der Waals surface area contributed by atoms with Gasteiger partial charge in [0.05, 0.1) is 5.56 Å². The van der Waals surface area contributed by atoms with Gasteiger partial charge in [0.25, 0.3) is 0 Å². The maximum Gasteiger partial charge on any atom is 0.417 e. The molecule has 0 saturated heterocycles. The predicted octanol–water partition coefficient (Wildman–Crippen LogP) is 3.96. The quantitative estimate of drug-likeness (QED) is 0.835. The summed E-state index contributed by atoms with van der Waals surface area (Å²) >= 11 is 4.68. The molecule has 1 unspecified atom stereocenters. The standard InChI is InChI=1S/C14H19F3N2S/c1-4-5-9(2)19(3)10-6-7-11(13(18)20)12(8-10)14(15,16)17/h6-9H,4-5H2,1-3H3,(H2,18,20). The fraction of sp³-hybridized carbons (Fsp3) is 0.500. The van der Waals surface area contributed by atoms with Crippen LogP contribution >= 0.6 is 12.2 Å². The summed E-state index contributed by atoms with van der Waals surface area (Å²) in [5.41, 5.74) is 4.96. The van der Waals surface area contributed by atoms with E-state index >= 15 is 0 Å². The molecule has 20 heavy (non-hydrogen) atoms. The van der Waals surface area contributed by atoms with Crippen LogP contribution in [-0.4, -0.2) is 18.1 Å². The highest BCUT2D eigenvalue weighted by Crippen LogP contribution is 2.35. The van der Waals surface area contributed by atoms with Gasteiger partial charge >= 0.3 is 6.18 Å². The van der Waals surface area contributed by atoms with Crippen LogP contribution < -0.4 is 10.6 Å². The van der Waals surface area contributed by atoms with Crippen molar-refractivity contribution in [3.8, 4) is 0 Å². The molecule has 0 spiro atoms. The van der Waals surface area contributed by atoms with Crippen molar-refractivity contribution in [2.75, 3.05) is 11.9 Å². The molecular formula is C14H19F3N2S. The normalized spacial score (nSPS) is 13.1. The maximum atomic E-state index is 13.1. The van der Waals surface area contributed by atoms with E-state index in [1.54, 1.807) is 13.1 Å². The van der Waals surface area contributed by atoms with Crippen LogP contribution in [0.5, 0.6) is 0 Å². The topological polar surface area (TPSA) is 29.3 Å². The fourth-order valence-electron chi connectivity index (χ4n) is 2.07. The second-order valence-corrected chi connectivity index (χ2v) is 5.28. The fourth-order valence-corrected chi connectivity index (χ4v) is 2.24. The molecular weight excluding hydrogens is 285 g/mol. The first-order chi connectivity index (χ1) is 9.18. The number of nitrogens with two attached hydrogens (primary N) is 1. The van der Waals surface area contributed by atoms with Crippen molar-refractivity contribution in [2.24, 2.45) is 5.73 Å². The number of anilines is 1. The van der Waals surface area contributed by atoms with E-state index < -0.39 is 11.7 Å². The Hall–Kier alpha value is -1.30. The van der Waals surface area contributed by atoms with Crippen molar-refractivity contribution in [1.29, 1.82) is 0 Å². The number of halogens is 3. The van der Waals surface area contributed by atoms with Gasteiger partial charge in [0.1, 0.15) is 4.99 Å². The average Bonchev–Trinajstić information content (AvgIpc) is 2.36. The Bertz CT molecular complexity index is 486. The molecule has 2 nitrogen and oxygen atoms in total. The molecule has 0 heterocycles. The lowest BCUT2D eigenvalue weighted by atomic mass is 10.0. The second-order valence-electron chi connectivity index (χ2n) is 4.84. The van der Waals surface area contributed by atoms with E-state index in [2.05, 4.69) is 12.2 Å². The Balaban J connectivity index is 3.23. The number of rotatable bonds is 5. The van der Waals surface area contributed by atoms with Crippen molar-refractivity contribution >= 4 is 22.9 Å². The minimum atomic E-state index is -4.47. The lowest BCUT2D eigenvalue weighted by Gasteiger charge is -2.28. The van der Waals surface area contributed by atoms with E-state index in [1.807, 2.05) is 18.7 Å². The van der Waals surface area contributed by atoms with Crippen molar-refractivity contribution < 1.29 is 13.2 Å². The zero-order chi connectivity index (χ0) is 15.5. The van der Waals surface area contributed by atoms with E-state index in [9.17, 15) is 13.2 Å². The summed E-state index contributed by atoms with van der Waals surface area (Å²) in [5, 5.41) is 0. The summed E-state index contributed by atoms with van der Waals surface area (Å²) < 4.78 is 39.2. The second kappa shape index (κ2) is 6.43. The Morgan fingerprint density at radius 1 is 1.40 bits per heavy atom. The van der Waals surface area contributed by atoms with Crippen LogP contribution in [-0.2, 0) is 6.18 Å². The Labute approximate surface area is 122 Å². The van der Waals surface area contributed by atoms with Gasteiger partial charge in [-0.3, -0.25) is 0 Å². The lowest BCUT2D eigenvalue weighted by molar-refractivity contribution is -0.137. The number of thiocarbonyl (C=S) groups is 1. The first-order valence-corrected chi connectivity index (χ1v) is 6.83. The highest BCUT2D eigenvalue weighted by Gasteiger charge is 2.34. The molecule has 0 amide bonds. The van der Waals surface area contributed by atoms with Crippen molar-refractivity contribution in [1.82, 2.24) is 0 Å². The van der Waals surface area contributed by atoms with Crippen molar-refractivity contribution in [3.63, 3.8) is 0 Å². The van der Waals surface area contributed by atoms with Crippen LogP contribution in [0.2, 0.25) is 0 Å². The monoisotopic (exact) mass is 304 g/mol. The number of benzene rings is 1. The molecule has 0 bridgehead atoms. The number of hydrogen-bond donors (Lipinski definition) is 1. The Morgan fingerprint density at radius 3 is 2.45 bits per heavy atom. The molecule has 6 heteroatoms. The predicted molar refractivity (Wildman–Crippen MR) is 80.1 cm³/mol. The molecule has 0 fully saturated rings. The highest BCUT2D eigenvalue weighted by molar-refractivity contribution is 7.80. The van der Waals surface area contributed by atoms with Crippen LogP contribution in [0.4, 0.5) is 18.9 Å². The summed E-state index contributed by atoms with van der Waals surface area (Å²) in [6.45, 7) is 4.03. The number of hydrogen-bond acceptors (Lipinski definition) is 2. The highest BCUT2D eigenvalue weighted by atomic mass is 32.1. The molecule has 0 radical (unpaired) electrons. The number of alkyl halides is 3. The van der Waals surface area contributed by atoms with Gasteiger partial charge in [0.15, 0.2) is 0 Å². The summed E-state index contributed by atoms with van der Waals surface area (Å²) in [6.07, 6.45) is -2.58. The summed E-state index contributed by atoms with van der Waals surface area (Å²) in [7, 11) is 1.79. The first kappa shape index (κ1) is 16.8. The lowest BCUT2D eigenvalue weighted by Crippen LogP contribution is -2.29. The van der Waals surface area contributed by atoms with Gasteiger partial charge in [-0.25, -0.2) is 0 Å². The Morgan fingerprint density at radius 2 is 2.00 bits per heavy atom. The third kappa shape index (κ3) is 3.85. The van der Waals surface area contributed by atoms with Gasteiger partial charge < -0.3 is 10.6 Å². The summed E-state index contributed by atoms with van der Waals surface area (Å²) in [4.78, 5) is 1.59. The van der Waals surface area contributed by atoms with E-state index in [4.69, 9.17) is 5.73 Å². The van der Waals surface area contributed by atoms with E-state index in [-0.39, 0.29) is 16.6 Å². The third-order valence-electron chi connectivity index (χ3n) is 3.35. The van der Waals surface area contributed by atoms with Crippen LogP contribution in [0.1, 0.15) is 37.8 Å². The van der Waals surface area contributed by atoms with Gasteiger partial charge in [0.2, 0.25) is 0 Å².